The van der Waals surface area contributed by atoms with E-state index in [1.54, 1.807) is 0 Å². The number of hydrogen-bond acceptors (Lipinski definition) is 14. The van der Waals surface area contributed by atoms with Crippen LogP contribution in [0, 0.1) is 20.2 Å². The summed E-state index contributed by atoms with van der Waals surface area (Å²) in [4.78, 5) is 73.8. The molecule has 16 nitrogen and oxygen atoms in total. The number of nitrogens with one attached hydrogen (secondary N) is 4. The van der Waals surface area contributed by atoms with Crippen LogP contribution in [-0.2, 0) is 19.2 Å². The van der Waals surface area contributed by atoms with Crippen molar-refractivity contribution in [2.75, 3.05) is 23.9 Å². The lowest BCUT2D eigenvalue weighted by Gasteiger charge is -2.15. The Hall–Kier alpha value is -4.66. The number of nitro groups is 2. The summed E-state index contributed by atoms with van der Waals surface area (Å²) >= 11 is 12.4. The standard InChI is InChI=1S/C24H20N8O8S4/c33-17(27-25-13-1-5-15(6-2-13)31(37)38)9-11-29-21(35)19(43-23(29)41)20-22(36)30(24(42)44-20)12-10-18(34)28-26-14-3-7-16(8-4-14)32(39)40/h1-8,25-26H,9-12H2,(H,27,33)(H,28,34)/b20-19+. The van der Waals surface area contributed by atoms with Crippen LogP contribution in [0.2, 0.25) is 0 Å². The summed E-state index contributed by atoms with van der Waals surface area (Å²) in [5, 5.41) is 21.5. The number of thiocarbonyl (C=S) groups is 2. The number of carbonyl (C=O) groups excluding carboxylic acids is 4. The van der Waals surface area contributed by atoms with Crippen molar-refractivity contribution in [3.8, 4) is 0 Å². The van der Waals surface area contributed by atoms with Crippen LogP contribution in [0.25, 0.3) is 0 Å². The fourth-order valence-corrected chi connectivity index (χ4v) is 6.40. The second kappa shape index (κ2) is 14.2. The summed E-state index contributed by atoms with van der Waals surface area (Å²) in [6.07, 6.45) is -0.270. The summed E-state index contributed by atoms with van der Waals surface area (Å²) in [6, 6.07) is 10.8. The number of thioether (sulfide) groups is 2. The molecule has 228 valence electrons. The molecule has 2 aliphatic heterocycles. The smallest absolute Gasteiger partial charge is 0.269 e. The fourth-order valence-electron chi connectivity index (χ4n) is 3.62. The predicted molar refractivity (Wildman–Crippen MR) is 170 cm³/mol. The minimum Gasteiger partial charge on any atom is -0.299 e. The molecule has 20 heteroatoms. The molecule has 4 rings (SSSR count). The summed E-state index contributed by atoms with van der Waals surface area (Å²) in [7, 11) is 0. The van der Waals surface area contributed by atoms with Gasteiger partial charge in [0, 0.05) is 50.2 Å². The third-order valence-electron chi connectivity index (χ3n) is 5.88. The third-order valence-corrected chi connectivity index (χ3v) is 8.90. The first-order valence-corrected chi connectivity index (χ1v) is 14.8. The van der Waals surface area contributed by atoms with Gasteiger partial charge in [-0.1, -0.05) is 48.0 Å². The Bertz CT molecular complexity index is 1480. The van der Waals surface area contributed by atoms with Crippen molar-refractivity contribution < 1.29 is 29.0 Å². The number of non-ortho nitro benzene ring substituents is 2. The Morgan fingerprint density at radius 2 is 1.02 bits per heavy atom. The number of nitrogens with zero attached hydrogens (tertiary/aromatic N) is 4. The maximum Gasteiger partial charge on any atom is 0.269 e. The molecule has 0 spiro atoms. The highest BCUT2D eigenvalue weighted by Crippen LogP contribution is 2.42. The molecule has 2 aromatic carbocycles. The van der Waals surface area contributed by atoms with E-state index in [1.165, 1.54) is 58.3 Å². The number of amides is 4. The molecule has 0 saturated carbocycles. The Kier molecular flexibility index (Phi) is 10.4. The minimum atomic E-state index is -0.554. The van der Waals surface area contributed by atoms with Crippen molar-refractivity contribution in [1.29, 1.82) is 0 Å². The van der Waals surface area contributed by atoms with Gasteiger partial charge in [-0.2, -0.15) is 0 Å². The summed E-state index contributed by atoms with van der Waals surface area (Å²) in [5.41, 5.74) is 10.7. The number of hydrazine groups is 2. The van der Waals surface area contributed by atoms with E-state index in [2.05, 4.69) is 21.7 Å². The molecule has 0 aromatic heterocycles. The Labute approximate surface area is 267 Å². The molecule has 44 heavy (non-hydrogen) atoms. The second-order valence-corrected chi connectivity index (χ2v) is 12.1. The van der Waals surface area contributed by atoms with Crippen LogP contribution in [0.4, 0.5) is 22.7 Å². The Morgan fingerprint density at radius 1 is 0.682 bits per heavy atom. The predicted octanol–water partition coefficient (Wildman–Crippen LogP) is 2.80. The first kappa shape index (κ1) is 32.3. The molecule has 2 aliphatic rings. The van der Waals surface area contributed by atoms with E-state index in [0.29, 0.717) is 11.4 Å². The highest BCUT2D eigenvalue weighted by molar-refractivity contribution is 8.29. The van der Waals surface area contributed by atoms with Crippen molar-refractivity contribution >= 4 is 103 Å². The van der Waals surface area contributed by atoms with E-state index in [9.17, 15) is 39.4 Å². The first-order valence-electron chi connectivity index (χ1n) is 12.3. The molecule has 0 aliphatic carbocycles. The molecule has 2 heterocycles. The summed E-state index contributed by atoms with van der Waals surface area (Å²) in [5.74, 6) is -2.07. The molecule has 2 saturated heterocycles. The van der Waals surface area contributed by atoms with Crippen LogP contribution in [0.5, 0.6) is 0 Å². The molecule has 0 radical (unpaired) electrons. The van der Waals surface area contributed by atoms with Gasteiger partial charge in [-0.3, -0.25) is 70.9 Å². The molecule has 0 atom stereocenters. The highest BCUT2D eigenvalue weighted by Gasteiger charge is 2.42. The number of carbonyl (C=O) groups is 4. The lowest BCUT2D eigenvalue weighted by Crippen LogP contribution is -2.36. The van der Waals surface area contributed by atoms with E-state index in [4.69, 9.17) is 24.4 Å². The molecule has 0 bridgehead atoms. The topological polar surface area (TPSA) is 209 Å². The van der Waals surface area contributed by atoms with E-state index in [-0.39, 0.29) is 55.8 Å². The van der Waals surface area contributed by atoms with Crippen LogP contribution in [0.15, 0.2) is 58.3 Å². The number of anilines is 2. The van der Waals surface area contributed by atoms with Gasteiger partial charge >= 0.3 is 0 Å². The van der Waals surface area contributed by atoms with E-state index >= 15 is 0 Å². The molecule has 0 unspecified atom stereocenters. The lowest BCUT2D eigenvalue weighted by molar-refractivity contribution is -0.385. The number of benzene rings is 2. The maximum atomic E-state index is 13.1. The summed E-state index contributed by atoms with van der Waals surface area (Å²) in [6.45, 7) is -0.131. The van der Waals surface area contributed by atoms with Gasteiger partial charge in [0.2, 0.25) is 11.8 Å². The molecular weight excluding hydrogens is 657 g/mol. The van der Waals surface area contributed by atoms with Crippen LogP contribution in [-0.4, -0.2) is 65.0 Å². The molecular formula is C24H20N8O8S4. The zero-order chi connectivity index (χ0) is 32.0. The average Bonchev–Trinajstić information content (AvgIpc) is 3.44. The van der Waals surface area contributed by atoms with Crippen molar-refractivity contribution in [3.63, 3.8) is 0 Å². The largest absolute Gasteiger partial charge is 0.299 e. The van der Waals surface area contributed by atoms with Crippen LogP contribution in [0.3, 0.4) is 0 Å². The lowest BCUT2D eigenvalue weighted by atomic mass is 10.3. The maximum absolute atomic E-state index is 13.1. The van der Waals surface area contributed by atoms with E-state index < -0.39 is 33.5 Å². The van der Waals surface area contributed by atoms with Gasteiger partial charge in [-0.15, -0.1) is 0 Å². The molecule has 2 fully saturated rings. The van der Waals surface area contributed by atoms with Gasteiger partial charge in [-0.05, 0) is 24.3 Å². The van der Waals surface area contributed by atoms with Crippen molar-refractivity contribution in [2.45, 2.75) is 12.8 Å². The van der Waals surface area contributed by atoms with Gasteiger partial charge in [0.05, 0.1) is 31.0 Å². The molecule has 4 N–H and O–H groups in total. The number of rotatable bonds is 12. The van der Waals surface area contributed by atoms with Crippen molar-refractivity contribution in [3.05, 3.63) is 78.6 Å². The number of nitro benzene ring substituents is 2. The first-order chi connectivity index (χ1) is 20.9. The third kappa shape index (κ3) is 7.83. The monoisotopic (exact) mass is 676 g/mol. The molecule has 2 aromatic rings. The minimum absolute atomic E-state index is 0.0653. The van der Waals surface area contributed by atoms with Crippen LogP contribution < -0.4 is 21.7 Å². The van der Waals surface area contributed by atoms with Gasteiger partial charge < -0.3 is 0 Å². The number of hydrogen-bond donors (Lipinski definition) is 4. The van der Waals surface area contributed by atoms with Crippen molar-refractivity contribution in [2.24, 2.45) is 0 Å². The summed E-state index contributed by atoms with van der Waals surface area (Å²) < 4.78 is 0.311. The van der Waals surface area contributed by atoms with E-state index in [0.717, 1.165) is 23.5 Å². The van der Waals surface area contributed by atoms with Crippen molar-refractivity contribution in [1.82, 2.24) is 20.7 Å². The van der Waals surface area contributed by atoms with Gasteiger partial charge in [0.15, 0.2) is 0 Å². The zero-order valence-electron chi connectivity index (χ0n) is 22.1. The van der Waals surface area contributed by atoms with E-state index in [1.807, 2.05) is 0 Å². The SMILES string of the molecule is O=C(CCN1C(=O)/C(=C2\SC(=S)N(CCC(=O)NNc3ccc([N+](=O)[O-])cc3)C2=O)SC1=S)NNc1ccc([N+](=O)[O-])cc1. The second-order valence-electron chi connectivity index (χ2n) is 8.76. The Morgan fingerprint density at radius 3 is 1.34 bits per heavy atom. The van der Waals surface area contributed by atoms with Crippen LogP contribution in [0.1, 0.15) is 12.8 Å². The Balaban J connectivity index is 1.26. The highest BCUT2D eigenvalue weighted by atomic mass is 32.2. The van der Waals surface area contributed by atoms with Gasteiger partial charge in [-0.25, -0.2) is 0 Å². The quantitative estimate of drug-likeness (QED) is 0.110. The van der Waals surface area contributed by atoms with Gasteiger partial charge in [0.1, 0.15) is 8.64 Å². The fraction of sp³-hybridized carbons (Fsp3) is 0.167. The van der Waals surface area contributed by atoms with Crippen LogP contribution >= 0.6 is 48.0 Å². The van der Waals surface area contributed by atoms with Gasteiger partial charge in [0.25, 0.3) is 23.2 Å². The zero-order valence-corrected chi connectivity index (χ0v) is 25.4. The average molecular weight is 677 g/mol. The normalized spacial score (nSPS) is 16.3. The molecule has 4 amide bonds.